The molecule has 0 radical (unpaired) electrons. The zero-order valence-corrected chi connectivity index (χ0v) is 12.8. The number of carbonyl (C=O) groups is 1. The minimum absolute atomic E-state index is 0.209. The van der Waals surface area contributed by atoms with E-state index in [0.717, 1.165) is 11.4 Å². The molecule has 2 N–H and O–H groups in total. The minimum Gasteiger partial charge on any atom is -0.382 e. The lowest BCUT2D eigenvalue weighted by molar-refractivity contribution is 0.0940. The van der Waals surface area contributed by atoms with Gasteiger partial charge in [0.25, 0.3) is 5.91 Å². The minimum atomic E-state index is -0.419. The first-order valence-electron chi connectivity index (χ1n) is 6.86. The van der Waals surface area contributed by atoms with Gasteiger partial charge in [-0.15, -0.1) is 11.3 Å². The fourth-order valence-corrected chi connectivity index (χ4v) is 2.57. The summed E-state index contributed by atoms with van der Waals surface area (Å²) in [6, 6.07) is 4.29. The predicted molar refractivity (Wildman–Crippen MR) is 83.2 cm³/mol. The van der Waals surface area contributed by atoms with Gasteiger partial charge in [-0.05, 0) is 25.5 Å². The van der Waals surface area contributed by atoms with Crippen LogP contribution >= 0.6 is 11.3 Å². The van der Waals surface area contributed by atoms with Crippen LogP contribution < -0.4 is 10.6 Å². The average Bonchev–Trinajstić information content (AvgIpc) is 3.00. The lowest BCUT2D eigenvalue weighted by atomic mass is 10.1. The average molecular weight is 307 g/mol. The van der Waals surface area contributed by atoms with Crippen LogP contribution in [0, 0.1) is 5.82 Å². The summed E-state index contributed by atoms with van der Waals surface area (Å²) < 4.78 is 13.9. The Kier molecular flexibility index (Phi) is 5.27. The Morgan fingerprint density at radius 3 is 2.95 bits per heavy atom. The molecule has 2 rings (SSSR count). The van der Waals surface area contributed by atoms with Crippen LogP contribution in [0.1, 0.15) is 41.7 Å². The van der Waals surface area contributed by atoms with Crippen molar-refractivity contribution < 1.29 is 9.18 Å². The maximum absolute atomic E-state index is 13.9. The van der Waals surface area contributed by atoms with E-state index in [1.165, 1.54) is 23.5 Å². The third-order valence-electron chi connectivity index (χ3n) is 2.98. The molecule has 0 saturated carbocycles. The van der Waals surface area contributed by atoms with Gasteiger partial charge in [-0.2, -0.15) is 0 Å². The summed E-state index contributed by atoms with van der Waals surface area (Å²) in [6.45, 7) is 4.45. The van der Waals surface area contributed by atoms with E-state index in [0.29, 0.717) is 12.1 Å². The molecule has 6 heteroatoms. The van der Waals surface area contributed by atoms with Crippen molar-refractivity contribution in [2.24, 2.45) is 0 Å². The van der Waals surface area contributed by atoms with Crippen molar-refractivity contribution in [3.8, 4) is 0 Å². The molecule has 0 spiro atoms. The summed E-state index contributed by atoms with van der Waals surface area (Å²) in [5, 5.41) is 8.49. The first-order valence-corrected chi connectivity index (χ1v) is 7.74. The molecular formula is C15H18FN3OS. The summed E-state index contributed by atoms with van der Waals surface area (Å²) in [5.74, 6) is -0.728. The number of nitrogens with one attached hydrogen (secondary N) is 2. The second-order valence-electron chi connectivity index (χ2n) is 4.65. The molecule has 1 amide bonds. The van der Waals surface area contributed by atoms with Crippen LogP contribution in [-0.4, -0.2) is 17.4 Å². The van der Waals surface area contributed by atoms with E-state index in [9.17, 15) is 9.18 Å². The Bertz CT molecular complexity index is 601. The van der Waals surface area contributed by atoms with E-state index in [2.05, 4.69) is 15.6 Å². The van der Waals surface area contributed by atoms with Gasteiger partial charge in [0.1, 0.15) is 10.8 Å². The second kappa shape index (κ2) is 7.17. The normalized spacial score (nSPS) is 12.0. The molecule has 0 aliphatic carbocycles. The molecule has 0 aliphatic rings. The number of hydrogen-bond acceptors (Lipinski definition) is 4. The fourth-order valence-electron chi connectivity index (χ4n) is 1.93. The summed E-state index contributed by atoms with van der Waals surface area (Å²) in [5.41, 5.74) is 0.565. The van der Waals surface area contributed by atoms with Gasteiger partial charge < -0.3 is 10.6 Å². The van der Waals surface area contributed by atoms with E-state index in [4.69, 9.17) is 0 Å². The Morgan fingerprint density at radius 2 is 2.29 bits per heavy atom. The maximum Gasteiger partial charge on any atom is 0.254 e. The van der Waals surface area contributed by atoms with Gasteiger partial charge >= 0.3 is 0 Å². The highest BCUT2D eigenvalue weighted by atomic mass is 32.1. The third-order valence-corrected chi connectivity index (χ3v) is 3.94. The summed E-state index contributed by atoms with van der Waals surface area (Å²) >= 11 is 1.47. The van der Waals surface area contributed by atoms with Gasteiger partial charge in [0.2, 0.25) is 0 Å². The van der Waals surface area contributed by atoms with E-state index >= 15 is 0 Å². The number of para-hydroxylation sites is 1. The molecule has 1 atom stereocenters. The van der Waals surface area contributed by atoms with Gasteiger partial charge in [-0.25, -0.2) is 9.37 Å². The number of anilines is 1. The van der Waals surface area contributed by atoms with Crippen molar-refractivity contribution in [1.29, 1.82) is 0 Å². The van der Waals surface area contributed by atoms with Crippen molar-refractivity contribution in [3.63, 3.8) is 0 Å². The molecular weight excluding hydrogens is 289 g/mol. The SMILES string of the molecule is CCCNc1c(F)cccc1C(=O)NC(C)c1nccs1. The number of halogens is 1. The first-order chi connectivity index (χ1) is 10.1. The third kappa shape index (κ3) is 3.78. The molecule has 0 aliphatic heterocycles. The molecule has 1 unspecified atom stereocenters. The molecule has 2 aromatic rings. The Labute approximate surface area is 127 Å². The zero-order valence-electron chi connectivity index (χ0n) is 12.0. The molecule has 0 saturated heterocycles. The van der Waals surface area contributed by atoms with Gasteiger partial charge in [-0.3, -0.25) is 4.79 Å². The highest BCUT2D eigenvalue weighted by Gasteiger charge is 2.18. The molecule has 21 heavy (non-hydrogen) atoms. The molecule has 1 aromatic carbocycles. The van der Waals surface area contributed by atoms with Crippen LogP contribution in [0.15, 0.2) is 29.8 Å². The van der Waals surface area contributed by atoms with E-state index in [1.807, 2.05) is 19.2 Å². The van der Waals surface area contributed by atoms with Gasteiger partial charge in [-0.1, -0.05) is 13.0 Å². The maximum atomic E-state index is 13.9. The summed E-state index contributed by atoms with van der Waals surface area (Å²) in [4.78, 5) is 16.5. The number of carbonyl (C=O) groups excluding carboxylic acids is 1. The second-order valence-corrected chi connectivity index (χ2v) is 5.58. The van der Waals surface area contributed by atoms with E-state index in [-0.39, 0.29) is 17.6 Å². The van der Waals surface area contributed by atoms with Crippen molar-refractivity contribution in [2.75, 3.05) is 11.9 Å². The monoisotopic (exact) mass is 307 g/mol. The van der Waals surface area contributed by atoms with Crippen LogP contribution in [0.25, 0.3) is 0 Å². The fraction of sp³-hybridized carbons (Fsp3) is 0.333. The molecule has 4 nitrogen and oxygen atoms in total. The van der Waals surface area contributed by atoms with Crippen molar-refractivity contribution in [2.45, 2.75) is 26.3 Å². The smallest absolute Gasteiger partial charge is 0.254 e. The van der Waals surface area contributed by atoms with Crippen LogP contribution in [-0.2, 0) is 0 Å². The number of aromatic nitrogens is 1. The first kappa shape index (κ1) is 15.4. The number of hydrogen-bond donors (Lipinski definition) is 2. The number of rotatable bonds is 6. The van der Waals surface area contributed by atoms with Gasteiger partial charge in [0.05, 0.1) is 17.3 Å². The molecule has 112 valence electrons. The van der Waals surface area contributed by atoms with Crippen molar-refractivity contribution >= 4 is 22.9 Å². The lowest BCUT2D eigenvalue weighted by Gasteiger charge is -2.15. The number of thiazole rings is 1. The van der Waals surface area contributed by atoms with E-state index < -0.39 is 5.82 Å². The molecule has 1 heterocycles. The predicted octanol–water partition coefficient (Wildman–Crippen LogP) is 3.60. The van der Waals surface area contributed by atoms with Gasteiger partial charge in [0, 0.05) is 18.1 Å². The Morgan fingerprint density at radius 1 is 1.48 bits per heavy atom. The Hall–Kier alpha value is -1.95. The number of amides is 1. The summed E-state index contributed by atoms with van der Waals surface area (Å²) in [6.07, 6.45) is 2.55. The van der Waals surface area contributed by atoms with Crippen LogP contribution in [0.4, 0.5) is 10.1 Å². The van der Waals surface area contributed by atoms with Crippen molar-refractivity contribution in [3.05, 3.63) is 46.2 Å². The zero-order chi connectivity index (χ0) is 15.2. The van der Waals surface area contributed by atoms with Crippen LogP contribution in [0.5, 0.6) is 0 Å². The lowest BCUT2D eigenvalue weighted by Crippen LogP contribution is -2.27. The Balaban J connectivity index is 2.17. The van der Waals surface area contributed by atoms with Crippen LogP contribution in [0.2, 0.25) is 0 Å². The molecule has 1 aromatic heterocycles. The van der Waals surface area contributed by atoms with E-state index in [1.54, 1.807) is 12.3 Å². The largest absolute Gasteiger partial charge is 0.382 e. The number of nitrogens with zero attached hydrogens (tertiary/aromatic N) is 1. The highest BCUT2D eigenvalue weighted by molar-refractivity contribution is 7.09. The summed E-state index contributed by atoms with van der Waals surface area (Å²) in [7, 11) is 0. The molecule has 0 fully saturated rings. The standard InChI is InChI=1S/C15H18FN3OS/c1-3-7-17-13-11(5-4-6-12(13)16)14(20)19-10(2)15-18-8-9-21-15/h4-6,8-10,17H,3,7H2,1-2H3,(H,19,20). The number of benzene rings is 1. The van der Waals surface area contributed by atoms with Crippen molar-refractivity contribution in [1.82, 2.24) is 10.3 Å². The topological polar surface area (TPSA) is 54.0 Å². The van der Waals surface area contributed by atoms with Gasteiger partial charge in [0.15, 0.2) is 0 Å². The highest BCUT2D eigenvalue weighted by Crippen LogP contribution is 2.22. The quantitative estimate of drug-likeness (QED) is 0.857. The van der Waals surface area contributed by atoms with Crippen LogP contribution in [0.3, 0.4) is 0 Å². The molecule has 0 bridgehead atoms.